The molecular weight excluding hydrogens is 250 g/mol. The van der Waals surface area contributed by atoms with E-state index >= 15 is 0 Å². The van der Waals surface area contributed by atoms with Gasteiger partial charge in [-0.15, -0.1) is 0 Å². The van der Waals surface area contributed by atoms with Gasteiger partial charge in [-0.05, 0) is 38.1 Å². The largest absolute Gasteiger partial charge is 0.377 e. The SMILES string of the molecule is CC1OCCC1S(=O)(=O)CCCCC(C)(C)CN. The molecule has 0 saturated carbocycles. The molecule has 1 rings (SSSR count). The zero-order valence-electron chi connectivity index (χ0n) is 11.8. The van der Waals surface area contributed by atoms with Crippen LogP contribution in [0.2, 0.25) is 0 Å². The molecule has 0 radical (unpaired) electrons. The van der Waals surface area contributed by atoms with Crippen molar-refractivity contribution in [1.29, 1.82) is 0 Å². The molecule has 18 heavy (non-hydrogen) atoms. The molecule has 1 fully saturated rings. The number of rotatable bonds is 7. The van der Waals surface area contributed by atoms with Crippen LogP contribution in [-0.2, 0) is 14.6 Å². The van der Waals surface area contributed by atoms with E-state index in [1.54, 1.807) is 0 Å². The van der Waals surface area contributed by atoms with E-state index in [0.717, 1.165) is 19.3 Å². The van der Waals surface area contributed by atoms with E-state index in [9.17, 15) is 8.42 Å². The molecule has 2 N–H and O–H groups in total. The lowest BCUT2D eigenvalue weighted by Gasteiger charge is -2.22. The van der Waals surface area contributed by atoms with Crippen LogP contribution in [0.1, 0.15) is 46.5 Å². The van der Waals surface area contributed by atoms with Gasteiger partial charge >= 0.3 is 0 Å². The Balaban J connectivity index is 2.34. The van der Waals surface area contributed by atoms with Crippen LogP contribution in [0, 0.1) is 5.41 Å². The second kappa shape index (κ2) is 6.35. The maximum absolute atomic E-state index is 12.1. The van der Waals surface area contributed by atoms with Crippen LogP contribution in [0.15, 0.2) is 0 Å². The molecule has 2 atom stereocenters. The summed E-state index contributed by atoms with van der Waals surface area (Å²) in [5.41, 5.74) is 5.78. The van der Waals surface area contributed by atoms with E-state index in [2.05, 4.69) is 13.8 Å². The van der Waals surface area contributed by atoms with Crippen molar-refractivity contribution in [3.8, 4) is 0 Å². The maximum Gasteiger partial charge on any atom is 0.155 e. The van der Waals surface area contributed by atoms with Crippen molar-refractivity contribution in [3.05, 3.63) is 0 Å². The normalized spacial score (nSPS) is 25.6. The lowest BCUT2D eigenvalue weighted by atomic mass is 9.88. The van der Waals surface area contributed by atoms with E-state index in [-0.39, 0.29) is 22.5 Å². The van der Waals surface area contributed by atoms with E-state index in [4.69, 9.17) is 10.5 Å². The van der Waals surface area contributed by atoms with Crippen molar-refractivity contribution in [3.63, 3.8) is 0 Å². The van der Waals surface area contributed by atoms with Crippen LogP contribution in [-0.4, -0.2) is 38.7 Å². The highest BCUT2D eigenvalue weighted by molar-refractivity contribution is 7.92. The summed E-state index contributed by atoms with van der Waals surface area (Å²) < 4.78 is 29.6. The Morgan fingerprint density at radius 1 is 1.33 bits per heavy atom. The molecule has 5 heteroatoms. The van der Waals surface area contributed by atoms with Crippen LogP contribution in [0.25, 0.3) is 0 Å². The lowest BCUT2D eigenvalue weighted by Crippen LogP contribution is -2.30. The van der Waals surface area contributed by atoms with Crippen molar-refractivity contribution in [1.82, 2.24) is 0 Å². The van der Waals surface area contributed by atoms with Crippen LogP contribution < -0.4 is 5.73 Å². The second-order valence-corrected chi connectivity index (χ2v) is 8.43. The Labute approximate surface area is 111 Å². The van der Waals surface area contributed by atoms with Gasteiger partial charge in [-0.3, -0.25) is 0 Å². The number of nitrogens with two attached hydrogens (primary N) is 1. The molecule has 0 aromatic carbocycles. The maximum atomic E-state index is 12.1. The highest BCUT2D eigenvalue weighted by Crippen LogP contribution is 2.24. The minimum Gasteiger partial charge on any atom is -0.377 e. The average Bonchev–Trinajstić information content (AvgIpc) is 2.72. The fraction of sp³-hybridized carbons (Fsp3) is 1.00. The molecular formula is C13H27NO3S. The van der Waals surface area contributed by atoms with E-state index < -0.39 is 9.84 Å². The first kappa shape index (κ1) is 15.9. The van der Waals surface area contributed by atoms with Gasteiger partial charge in [0.15, 0.2) is 9.84 Å². The van der Waals surface area contributed by atoms with Crippen molar-refractivity contribution in [2.24, 2.45) is 11.1 Å². The Morgan fingerprint density at radius 2 is 2.00 bits per heavy atom. The number of unbranched alkanes of at least 4 members (excludes halogenated alkanes) is 1. The Hall–Kier alpha value is -0.130. The molecule has 0 spiro atoms. The first-order valence-electron chi connectivity index (χ1n) is 6.82. The predicted octanol–water partition coefficient (Wildman–Crippen LogP) is 1.73. The molecule has 0 amide bonds. The van der Waals surface area contributed by atoms with Crippen molar-refractivity contribution >= 4 is 9.84 Å². The smallest absolute Gasteiger partial charge is 0.155 e. The average molecular weight is 277 g/mol. The highest BCUT2D eigenvalue weighted by atomic mass is 32.2. The lowest BCUT2D eigenvalue weighted by molar-refractivity contribution is 0.126. The first-order chi connectivity index (χ1) is 8.28. The topological polar surface area (TPSA) is 69.4 Å². The monoisotopic (exact) mass is 277 g/mol. The third-order valence-electron chi connectivity index (χ3n) is 3.85. The summed E-state index contributed by atoms with van der Waals surface area (Å²) in [6.07, 6.45) is 3.14. The van der Waals surface area contributed by atoms with Crippen molar-refractivity contribution < 1.29 is 13.2 Å². The van der Waals surface area contributed by atoms with Crippen LogP contribution in [0.3, 0.4) is 0 Å². The number of sulfone groups is 1. The van der Waals surface area contributed by atoms with Gasteiger partial charge in [-0.25, -0.2) is 8.42 Å². The molecule has 1 heterocycles. The Kier molecular flexibility index (Phi) is 5.62. The van der Waals surface area contributed by atoms with Gasteiger partial charge in [0.25, 0.3) is 0 Å². The molecule has 4 nitrogen and oxygen atoms in total. The summed E-state index contributed by atoms with van der Waals surface area (Å²) in [5.74, 6) is 0.284. The van der Waals surface area contributed by atoms with Gasteiger partial charge in [0.2, 0.25) is 0 Å². The fourth-order valence-electron chi connectivity index (χ4n) is 2.34. The summed E-state index contributed by atoms with van der Waals surface area (Å²) in [6.45, 7) is 7.31. The third kappa shape index (κ3) is 4.52. The van der Waals surface area contributed by atoms with E-state index in [1.165, 1.54) is 0 Å². The first-order valence-corrected chi connectivity index (χ1v) is 8.53. The van der Waals surface area contributed by atoms with Gasteiger partial charge in [-0.2, -0.15) is 0 Å². The van der Waals surface area contributed by atoms with Crippen LogP contribution in [0.4, 0.5) is 0 Å². The molecule has 0 bridgehead atoms. The zero-order chi connectivity index (χ0) is 13.8. The van der Waals surface area contributed by atoms with Crippen molar-refractivity contribution in [2.75, 3.05) is 18.9 Å². The standard InChI is InChI=1S/C13H27NO3S/c1-11-12(6-8-17-11)18(15,16)9-5-4-7-13(2,3)10-14/h11-12H,4-10,14H2,1-3H3. The molecule has 0 aliphatic carbocycles. The zero-order valence-corrected chi connectivity index (χ0v) is 12.6. The predicted molar refractivity (Wildman–Crippen MR) is 74.3 cm³/mol. The third-order valence-corrected chi connectivity index (χ3v) is 6.25. The van der Waals surface area contributed by atoms with Gasteiger partial charge < -0.3 is 10.5 Å². The highest BCUT2D eigenvalue weighted by Gasteiger charge is 2.35. The number of ether oxygens (including phenoxy) is 1. The molecule has 0 aromatic heterocycles. The van der Waals surface area contributed by atoms with Gasteiger partial charge in [-0.1, -0.05) is 20.3 Å². The quantitative estimate of drug-likeness (QED) is 0.720. The summed E-state index contributed by atoms with van der Waals surface area (Å²) in [6, 6.07) is 0. The molecule has 1 saturated heterocycles. The summed E-state index contributed by atoms with van der Waals surface area (Å²) in [4.78, 5) is 0. The molecule has 2 unspecified atom stereocenters. The van der Waals surface area contributed by atoms with Gasteiger partial charge in [0.1, 0.15) is 0 Å². The van der Waals surface area contributed by atoms with Crippen LogP contribution >= 0.6 is 0 Å². The molecule has 108 valence electrons. The number of hydrogen-bond acceptors (Lipinski definition) is 4. The Bertz CT molecular complexity index is 351. The van der Waals surface area contributed by atoms with Gasteiger partial charge in [0.05, 0.1) is 17.1 Å². The van der Waals surface area contributed by atoms with E-state index in [1.807, 2.05) is 6.92 Å². The minimum atomic E-state index is -2.99. The minimum absolute atomic E-state index is 0.119. The molecule has 0 aromatic rings. The van der Waals surface area contributed by atoms with Crippen molar-refractivity contribution in [2.45, 2.75) is 57.8 Å². The number of hydrogen-bond donors (Lipinski definition) is 1. The summed E-state index contributed by atoms with van der Waals surface area (Å²) in [5, 5.41) is -0.292. The molecule has 1 aliphatic rings. The van der Waals surface area contributed by atoms with Crippen LogP contribution in [0.5, 0.6) is 0 Å². The van der Waals surface area contributed by atoms with Gasteiger partial charge in [0, 0.05) is 6.61 Å². The summed E-state index contributed by atoms with van der Waals surface area (Å²) in [7, 11) is -2.99. The molecule has 1 aliphatic heterocycles. The fourth-order valence-corrected chi connectivity index (χ4v) is 4.37. The van der Waals surface area contributed by atoms with E-state index in [0.29, 0.717) is 19.6 Å². The second-order valence-electron chi connectivity index (χ2n) is 6.10. The summed E-state index contributed by atoms with van der Waals surface area (Å²) >= 11 is 0. The Morgan fingerprint density at radius 3 is 2.50 bits per heavy atom.